The van der Waals surface area contributed by atoms with E-state index in [0.717, 1.165) is 12.8 Å². The summed E-state index contributed by atoms with van der Waals surface area (Å²) in [4.78, 5) is 11.4. The highest BCUT2D eigenvalue weighted by atomic mass is 19.4. The minimum absolute atomic E-state index is 0.00698. The highest BCUT2D eigenvalue weighted by Crippen LogP contribution is 2.32. The summed E-state index contributed by atoms with van der Waals surface area (Å²) in [5.74, 6) is 0. The Morgan fingerprint density at radius 3 is 2.55 bits per heavy atom. The predicted octanol–water partition coefficient (Wildman–Crippen LogP) is 2.70. The van der Waals surface area contributed by atoms with Crippen molar-refractivity contribution in [3.05, 3.63) is 33.9 Å². The van der Waals surface area contributed by atoms with Crippen LogP contribution in [0.4, 0.5) is 24.5 Å². The van der Waals surface area contributed by atoms with Gasteiger partial charge in [-0.05, 0) is 24.5 Å². The molecule has 0 heterocycles. The minimum atomic E-state index is -4.28. The van der Waals surface area contributed by atoms with Gasteiger partial charge >= 0.3 is 6.18 Å². The summed E-state index contributed by atoms with van der Waals surface area (Å²) in [6.45, 7) is -0.971. The van der Waals surface area contributed by atoms with Gasteiger partial charge in [-0.2, -0.15) is 13.2 Å². The Hall–Kier alpha value is -1.83. The van der Waals surface area contributed by atoms with E-state index < -0.39 is 17.6 Å². The number of nitrogens with two attached hydrogens (primary N) is 1. The number of hydrogen-bond acceptors (Lipinski definition) is 4. The highest BCUT2D eigenvalue weighted by Gasteiger charge is 2.38. The molecule has 1 aliphatic carbocycles. The first-order valence-electron chi connectivity index (χ1n) is 6.10. The molecule has 0 amide bonds. The third kappa shape index (κ3) is 3.83. The maximum Gasteiger partial charge on any atom is 0.401 e. The predicted molar refractivity (Wildman–Crippen MR) is 67.0 cm³/mol. The lowest BCUT2D eigenvalue weighted by atomic mass is 10.1. The molecule has 2 rings (SSSR count). The average molecular weight is 289 g/mol. The van der Waals surface area contributed by atoms with Crippen LogP contribution in [0.1, 0.15) is 18.4 Å². The Balaban J connectivity index is 2.14. The number of nitro groups is 1. The molecule has 8 heteroatoms. The summed E-state index contributed by atoms with van der Waals surface area (Å²) < 4.78 is 37.5. The molecule has 110 valence electrons. The minimum Gasteiger partial charge on any atom is -0.393 e. The van der Waals surface area contributed by atoms with Gasteiger partial charge in [-0.3, -0.25) is 15.0 Å². The number of alkyl halides is 3. The lowest BCUT2D eigenvalue weighted by molar-refractivity contribution is -0.384. The van der Waals surface area contributed by atoms with Gasteiger partial charge in [0.1, 0.15) is 5.69 Å². The molecule has 5 nitrogen and oxygen atoms in total. The molecule has 2 N–H and O–H groups in total. The van der Waals surface area contributed by atoms with Gasteiger partial charge in [0.15, 0.2) is 0 Å². The molecule has 1 aliphatic rings. The summed E-state index contributed by atoms with van der Waals surface area (Å²) in [6, 6.07) is 4.02. The number of nitrogens with zero attached hydrogens (tertiary/aromatic N) is 2. The van der Waals surface area contributed by atoms with Crippen LogP contribution in [-0.2, 0) is 6.54 Å². The molecule has 1 fully saturated rings. The molecule has 0 atom stereocenters. The molecule has 0 saturated heterocycles. The molecule has 1 saturated carbocycles. The van der Waals surface area contributed by atoms with Crippen LogP contribution >= 0.6 is 0 Å². The van der Waals surface area contributed by atoms with Crippen molar-refractivity contribution in [1.82, 2.24) is 4.90 Å². The van der Waals surface area contributed by atoms with Gasteiger partial charge in [0, 0.05) is 18.7 Å². The zero-order valence-electron chi connectivity index (χ0n) is 10.6. The van der Waals surface area contributed by atoms with Crippen molar-refractivity contribution in [2.75, 3.05) is 12.3 Å². The van der Waals surface area contributed by atoms with Crippen LogP contribution in [0, 0.1) is 10.1 Å². The molecule has 0 unspecified atom stereocenters. The second-order valence-electron chi connectivity index (χ2n) is 4.90. The van der Waals surface area contributed by atoms with E-state index >= 15 is 0 Å². The molecule has 0 bridgehead atoms. The molecule has 0 radical (unpaired) electrons. The normalized spacial score (nSPS) is 15.6. The summed E-state index contributed by atoms with van der Waals surface area (Å²) in [5.41, 5.74) is 5.65. The van der Waals surface area contributed by atoms with Gasteiger partial charge in [0.25, 0.3) is 5.69 Å². The molecule has 0 aromatic heterocycles. The molecule has 20 heavy (non-hydrogen) atoms. The Morgan fingerprint density at radius 1 is 1.40 bits per heavy atom. The highest BCUT2D eigenvalue weighted by molar-refractivity contribution is 5.59. The van der Waals surface area contributed by atoms with E-state index in [4.69, 9.17) is 5.73 Å². The number of anilines is 1. The second kappa shape index (κ2) is 5.28. The molecular formula is C12H14F3N3O2. The van der Waals surface area contributed by atoms with Crippen molar-refractivity contribution >= 4 is 11.4 Å². The van der Waals surface area contributed by atoms with Gasteiger partial charge in [-0.15, -0.1) is 0 Å². The standard InChI is InChI=1S/C12H14F3N3O2/c13-12(14,15)7-17(9-2-3-9)6-8-1-4-10(16)11(5-8)18(19)20/h1,4-5,9H,2-3,6-7,16H2. The summed E-state index contributed by atoms with van der Waals surface area (Å²) in [6.07, 6.45) is -2.82. The smallest absolute Gasteiger partial charge is 0.393 e. The van der Waals surface area contributed by atoms with E-state index in [-0.39, 0.29) is 24.0 Å². The van der Waals surface area contributed by atoms with Crippen molar-refractivity contribution in [2.24, 2.45) is 0 Å². The third-order valence-corrected chi connectivity index (χ3v) is 3.12. The SMILES string of the molecule is Nc1ccc(CN(CC(F)(F)F)C2CC2)cc1[N+](=O)[O-]. The Kier molecular flexibility index (Phi) is 3.85. The van der Waals surface area contributed by atoms with Crippen LogP contribution in [0.5, 0.6) is 0 Å². The first kappa shape index (κ1) is 14.6. The van der Waals surface area contributed by atoms with Gasteiger partial charge in [0.2, 0.25) is 0 Å². The summed E-state index contributed by atoms with van der Waals surface area (Å²) >= 11 is 0. The zero-order chi connectivity index (χ0) is 14.9. The molecule has 1 aromatic rings. The fourth-order valence-corrected chi connectivity index (χ4v) is 2.06. The molecule has 0 spiro atoms. The van der Waals surface area contributed by atoms with Gasteiger partial charge in [-0.25, -0.2) is 0 Å². The monoisotopic (exact) mass is 289 g/mol. The Morgan fingerprint density at radius 2 is 2.05 bits per heavy atom. The largest absolute Gasteiger partial charge is 0.401 e. The van der Waals surface area contributed by atoms with Crippen LogP contribution in [-0.4, -0.2) is 28.6 Å². The maximum absolute atomic E-state index is 12.5. The van der Waals surface area contributed by atoms with Crippen LogP contribution in [0.2, 0.25) is 0 Å². The summed E-state index contributed by atoms with van der Waals surface area (Å²) in [5, 5.41) is 10.8. The van der Waals surface area contributed by atoms with Crippen LogP contribution in [0.3, 0.4) is 0 Å². The second-order valence-corrected chi connectivity index (χ2v) is 4.90. The average Bonchev–Trinajstić information content (AvgIpc) is 3.12. The maximum atomic E-state index is 12.5. The van der Waals surface area contributed by atoms with Crippen molar-refractivity contribution in [2.45, 2.75) is 31.6 Å². The third-order valence-electron chi connectivity index (χ3n) is 3.12. The van der Waals surface area contributed by atoms with Crippen LogP contribution in [0.15, 0.2) is 18.2 Å². The molecular weight excluding hydrogens is 275 g/mol. The van der Waals surface area contributed by atoms with Gasteiger partial charge in [-0.1, -0.05) is 6.07 Å². The topological polar surface area (TPSA) is 72.4 Å². The lowest BCUT2D eigenvalue weighted by Gasteiger charge is -2.23. The van der Waals surface area contributed by atoms with E-state index in [9.17, 15) is 23.3 Å². The fourth-order valence-electron chi connectivity index (χ4n) is 2.06. The van der Waals surface area contributed by atoms with Crippen LogP contribution < -0.4 is 5.73 Å². The van der Waals surface area contributed by atoms with E-state index in [1.165, 1.54) is 23.1 Å². The van der Waals surface area contributed by atoms with Gasteiger partial charge in [0.05, 0.1) is 11.5 Å². The van der Waals surface area contributed by atoms with Crippen molar-refractivity contribution in [1.29, 1.82) is 0 Å². The van der Waals surface area contributed by atoms with Crippen molar-refractivity contribution < 1.29 is 18.1 Å². The first-order chi connectivity index (χ1) is 9.26. The number of nitrogen functional groups attached to an aromatic ring is 1. The Bertz CT molecular complexity index is 515. The van der Waals surface area contributed by atoms with Crippen molar-refractivity contribution in [3.8, 4) is 0 Å². The summed E-state index contributed by atoms with van der Waals surface area (Å²) in [7, 11) is 0. The molecule has 0 aliphatic heterocycles. The van der Waals surface area contributed by atoms with E-state index in [2.05, 4.69) is 0 Å². The lowest BCUT2D eigenvalue weighted by Crippen LogP contribution is -2.35. The number of benzene rings is 1. The first-order valence-corrected chi connectivity index (χ1v) is 6.10. The van der Waals surface area contributed by atoms with Crippen LogP contribution in [0.25, 0.3) is 0 Å². The Labute approximate surface area is 113 Å². The fraction of sp³-hybridized carbons (Fsp3) is 0.500. The van der Waals surface area contributed by atoms with E-state index in [1.54, 1.807) is 0 Å². The van der Waals surface area contributed by atoms with Gasteiger partial charge < -0.3 is 5.73 Å². The zero-order valence-corrected chi connectivity index (χ0v) is 10.6. The number of halogens is 3. The number of nitro benzene ring substituents is 1. The molecule has 1 aromatic carbocycles. The number of rotatable bonds is 5. The van der Waals surface area contributed by atoms with E-state index in [1.807, 2.05) is 0 Å². The van der Waals surface area contributed by atoms with E-state index in [0.29, 0.717) is 5.56 Å². The quantitative estimate of drug-likeness (QED) is 0.514. The number of hydrogen-bond donors (Lipinski definition) is 1. The van der Waals surface area contributed by atoms with Crippen molar-refractivity contribution in [3.63, 3.8) is 0 Å².